The summed E-state index contributed by atoms with van der Waals surface area (Å²) in [4.78, 5) is 16.5. The van der Waals surface area contributed by atoms with Crippen LogP contribution in [0.5, 0.6) is 11.5 Å². The summed E-state index contributed by atoms with van der Waals surface area (Å²) >= 11 is 1.35. The van der Waals surface area contributed by atoms with Gasteiger partial charge in [-0.15, -0.1) is 11.3 Å². The molecule has 0 radical (unpaired) electrons. The maximum absolute atomic E-state index is 11.9. The quantitative estimate of drug-likeness (QED) is 0.778. The third-order valence-corrected chi connectivity index (χ3v) is 3.33. The summed E-state index contributed by atoms with van der Waals surface area (Å²) in [6.45, 7) is 0. The molecular weight excluding hydrogens is 250 g/mol. The van der Waals surface area contributed by atoms with E-state index in [0.29, 0.717) is 22.8 Å². The van der Waals surface area contributed by atoms with Gasteiger partial charge in [0.15, 0.2) is 17.3 Å². The summed E-state index contributed by atoms with van der Waals surface area (Å²) in [5.41, 5.74) is 2.55. The Balaban J connectivity index is 2.17. The lowest BCUT2D eigenvalue weighted by Gasteiger charge is -2.08. The molecule has 0 aliphatic heterocycles. The fourth-order valence-corrected chi connectivity index (χ4v) is 2.18. The third kappa shape index (κ3) is 2.68. The molecular formula is C13H13NO3S. The lowest BCUT2D eigenvalue weighted by Crippen LogP contribution is -2.02. The van der Waals surface area contributed by atoms with Crippen LogP contribution in [0.15, 0.2) is 29.9 Å². The Kier molecular flexibility index (Phi) is 3.94. The summed E-state index contributed by atoms with van der Waals surface area (Å²) < 4.78 is 10.4. The Labute approximate surface area is 109 Å². The zero-order valence-electron chi connectivity index (χ0n) is 10.2. The molecule has 0 unspecified atom stereocenters. The van der Waals surface area contributed by atoms with Gasteiger partial charge in [0.25, 0.3) is 0 Å². The van der Waals surface area contributed by atoms with Crippen molar-refractivity contribution in [2.75, 3.05) is 14.2 Å². The van der Waals surface area contributed by atoms with Crippen molar-refractivity contribution in [3.63, 3.8) is 0 Å². The number of hydrogen-bond acceptors (Lipinski definition) is 5. The first-order chi connectivity index (χ1) is 8.74. The summed E-state index contributed by atoms with van der Waals surface area (Å²) in [5.74, 6) is 1.35. The fraction of sp³-hybridized carbons (Fsp3) is 0.231. The minimum Gasteiger partial charge on any atom is -0.493 e. The van der Waals surface area contributed by atoms with Crippen molar-refractivity contribution in [3.8, 4) is 11.5 Å². The Bertz CT molecular complexity index is 537. The molecule has 94 valence electrons. The van der Waals surface area contributed by atoms with Crippen LogP contribution >= 0.6 is 11.3 Å². The average molecular weight is 263 g/mol. The van der Waals surface area contributed by atoms with Crippen LogP contribution in [0, 0.1) is 0 Å². The largest absolute Gasteiger partial charge is 0.493 e. The number of ether oxygens (including phenoxy) is 2. The van der Waals surface area contributed by atoms with E-state index < -0.39 is 0 Å². The minimum atomic E-state index is 0.0599. The molecule has 0 fully saturated rings. The summed E-state index contributed by atoms with van der Waals surface area (Å²) in [6.07, 6.45) is 1.93. The van der Waals surface area contributed by atoms with Gasteiger partial charge in [-0.05, 0) is 17.7 Å². The van der Waals surface area contributed by atoms with Crippen molar-refractivity contribution in [2.24, 2.45) is 0 Å². The highest BCUT2D eigenvalue weighted by Crippen LogP contribution is 2.28. The Hall–Kier alpha value is -1.88. The molecule has 0 atom stereocenters. The molecule has 2 aromatic rings. The summed E-state index contributed by atoms with van der Waals surface area (Å²) in [6, 6.07) is 5.48. The van der Waals surface area contributed by atoms with Gasteiger partial charge in [0.1, 0.15) is 0 Å². The van der Waals surface area contributed by atoms with E-state index >= 15 is 0 Å². The van der Waals surface area contributed by atoms with Crippen LogP contribution in [0.2, 0.25) is 0 Å². The number of nitrogens with zero attached hydrogens (tertiary/aromatic N) is 1. The van der Waals surface area contributed by atoms with E-state index in [1.807, 2.05) is 12.1 Å². The normalized spacial score (nSPS) is 10.1. The van der Waals surface area contributed by atoms with Crippen molar-refractivity contribution in [2.45, 2.75) is 6.42 Å². The molecule has 0 saturated carbocycles. The lowest BCUT2D eigenvalue weighted by atomic mass is 10.1. The van der Waals surface area contributed by atoms with Crippen molar-refractivity contribution in [3.05, 3.63) is 40.3 Å². The van der Waals surface area contributed by atoms with E-state index in [1.54, 1.807) is 32.0 Å². The maximum Gasteiger partial charge on any atom is 0.178 e. The first-order valence-electron chi connectivity index (χ1n) is 5.37. The van der Waals surface area contributed by atoms with Crippen LogP contribution in [-0.4, -0.2) is 25.0 Å². The van der Waals surface area contributed by atoms with Gasteiger partial charge < -0.3 is 9.47 Å². The van der Waals surface area contributed by atoms with E-state index in [9.17, 15) is 4.79 Å². The minimum absolute atomic E-state index is 0.0599. The zero-order chi connectivity index (χ0) is 13.0. The SMILES string of the molecule is COc1ccc(CC(=O)c2cncs2)cc1OC. The molecule has 1 heterocycles. The lowest BCUT2D eigenvalue weighted by molar-refractivity contribution is 0.0996. The number of thiazole rings is 1. The smallest absolute Gasteiger partial charge is 0.178 e. The Morgan fingerprint density at radius 2 is 2.06 bits per heavy atom. The van der Waals surface area contributed by atoms with Crippen molar-refractivity contribution < 1.29 is 14.3 Å². The molecule has 1 aromatic carbocycles. The Morgan fingerprint density at radius 1 is 1.28 bits per heavy atom. The number of carbonyl (C=O) groups excluding carboxylic acids is 1. The maximum atomic E-state index is 11.9. The van der Waals surface area contributed by atoms with Gasteiger partial charge in [-0.2, -0.15) is 0 Å². The number of rotatable bonds is 5. The molecule has 4 nitrogen and oxygen atoms in total. The van der Waals surface area contributed by atoms with Crippen LogP contribution in [0.3, 0.4) is 0 Å². The average Bonchev–Trinajstić information content (AvgIpc) is 2.92. The number of carbonyl (C=O) groups is 1. The highest BCUT2D eigenvalue weighted by atomic mass is 32.1. The predicted molar refractivity (Wildman–Crippen MR) is 69.7 cm³/mol. The van der Waals surface area contributed by atoms with Gasteiger partial charge in [0.2, 0.25) is 0 Å². The Morgan fingerprint density at radius 3 is 2.67 bits per heavy atom. The van der Waals surface area contributed by atoms with E-state index in [0.717, 1.165) is 5.56 Å². The zero-order valence-corrected chi connectivity index (χ0v) is 11.0. The van der Waals surface area contributed by atoms with E-state index in [-0.39, 0.29) is 5.78 Å². The van der Waals surface area contributed by atoms with E-state index in [2.05, 4.69) is 4.98 Å². The third-order valence-electron chi connectivity index (χ3n) is 2.52. The van der Waals surface area contributed by atoms with E-state index in [1.165, 1.54) is 11.3 Å². The van der Waals surface area contributed by atoms with Gasteiger partial charge in [-0.1, -0.05) is 6.07 Å². The molecule has 0 amide bonds. The summed E-state index contributed by atoms with van der Waals surface area (Å²) in [5, 5.41) is 0. The molecule has 2 rings (SSSR count). The highest BCUT2D eigenvalue weighted by Gasteiger charge is 2.11. The molecule has 0 aliphatic rings. The van der Waals surface area contributed by atoms with Gasteiger partial charge in [-0.25, -0.2) is 0 Å². The van der Waals surface area contributed by atoms with Crippen molar-refractivity contribution in [1.82, 2.24) is 4.98 Å². The van der Waals surface area contributed by atoms with Crippen LogP contribution < -0.4 is 9.47 Å². The molecule has 0 N–H and O–H groups in total. The second-order valence-corrected chi connectivity index (χ2v) is 4.54. The van der Waals surface area contributed by atoms with Crippen LogP contribution in [-0.2, 0) is 6.42 Å². The van der Waals surface area contributed by atoms with Crippen LogP contribution in [0.1, 0.15) is 15.2 Å². The highest BCUT2D eigenvalue weighted by molar-refractivity contribution is 7.11. The number of methoxy groups -OCH3 is 2. The van der Waals surface area contributed by atoms with Crippen molar-refractivity contribution >= 4 is 17.1 Å². The number of ketones is 1. The standard InChI is InChI=1S/C13H13NO3S/c1-16-11-4-3-9(6-12(11)17-2)5-10(15)13-7-14-8-18-13/h3-4,6-8H,5H2,1-2H3. The topological polar surface area (TPSA) is 48.4 Å². The van der Waals surface area contributed by atoms with Gasteiger partial charge in [0.05, 0.1) is 24.6 Å². The second-order valence-electron chi connectivity index (χ2n) is 3.65. The summed E-state index contributed by atoms with van der Waals surface area (Å²) in [7, 11) is 3.16. The van der Waals surface area contributed by atoms with Crippen LogP contribution in [0.25, 0.3) is 0 Å². The monoisotopic (exact) mass is 263 g/mol. The second kappa shape index (κ2) is 5.64. The fourth-order valence-electron chi connectivity index (χ4n) is 1.62. The van der Waals surface area contributed by atoms with Gasteiger partial charge in [0, 0.05) is 12.6 Å². The molecule has 0 spiro atoms. The molecule has 1 aromatic heterocycles. The van der Waals surface area contributed by atoms with Crippen molar-refractivity contribution in [1.29, 1.82) is 0 Å². The molecule has 0 bridgehead atoms. The number of aromatic nitrogens is 1. The van der Waals surface area contributed by atoms with Gasteiger partial charge in [-0.3, -0.25) is 9.78 Å². The first kappa shape index (κ1) is 12.6. The molecule has 0 aliphatic carbocycles. The van der Waals surface area contributed by atoms with Crippen LogP contribution in [0.4, 0.5) is 0 Å². The number of Topliss-reactive ketones (excluding diaryl/α,β-unsaturated/α-hetero) is 1. The first-order valence-corrected chi connectivity index (χ1v) is 6.25. The van der Waals surface area contributed by atoms with Gasteiger partial charge >= 0.3 is 0 Å². The molecule has 18 heavy (non-hydrogen) atoms. The number of benzene rings is 1. The molecule has 0 saturated heterocycles. The number of hydrogen-bond donors (Lipinski definition) is 0. The molecule has 5 heteroatoms. The predicted octanol–water partition coefficient (Wildman–Crippen LogP) is 2.59. The van der Waals surface area contributed by atoms with E-state index in [4.69, 9.17) is 9.47 Å².